The van der Waals surface area contributed by atoms with Gasteiger partial charge in [0.05, 0.1) is 0 Å². The third-order valence-corrected chi connectivity index (χ3v) is 6.22. The molecule has 0 aliphatic carbocycles. The monoisotopic (exact) mass is 454 g/mol. The number of phenolic OH excluding ortho intramolecular Hbond substituents is 1. The van der Waals surface area contributed by atoms with Gasteiger partial charge in [-0.15, -0.1) is 0 Å². The fourth-order valence-corrected chi connectivity index (χ4v) is 4.58. The fourth-order valence-electron chi connectivity index (χ4n) is 4.58. The molecule has 1 saturated heterocycles. The van der Waals surface area contributed by atoms with Crippen molar-refractivity contribution in [3.63, 3.8) is 0 Å². The zero-order chi connectivity index (χ0) is 23.5. The maximum atomic E-state index is 13.6. The largest absolute Gasteiger partial charge is 0.508 e. The van der Waals surface area contributed by atoms with Crippen LogP contribution in [0.25, 0.3) is 5.57 Å². The topological polar surface area (TPSA) is 70.1 Å². The Morgan fingerprint density at radius 2 is 1.59 bits per heavy atom. The van der Waals surface area contributed by atoms with Crippen LogP contribution in [0.2, 0.25) is 0 Å². The highest BCUT2D eigenvalue weighted by Gasteiger charge is 2.39. The predicted molar refractivity (Wildman–Crippen MR) is 129 cm³/mol. The molecular formula is C28H26N2O4. The summed E-state index contributed by atoms with van der Waals surface area (Å²) >= 11 is 0. The van der Waals surface area contributed by atoms with Gasteiger partial charge in [0, 0.05) is 18.7 Å². The van der Waals surface area contributed by atoms with Crippen LogP contribution in [0.3, 0.4) is 0 Å². The van der Waals surface area contributed by atoms with E-state index in [9.17, 15) is 14.7 Å². The molecule has 5 rings (SSSR count). The van der Waals surface area contributed by atoms with Crippen molar-refractivity contribution in [2.45, 2.75) is 26.0 Å². The van der Waals surface area contributed by atoms with Crippen LogP contribution in [0.5, 0.6) is 11.5 Å². The SMILES string of the molecule is O=C1C2=C(c3cc(O)ccc3OCc3ccccc3)CCCN2C(=O)CN1Cc1ccccc1. The minimum Gasteiger partial charge on any atom is -0.508 e. The first kappa shape index (κ1) is 21.8. The van der Waals surface area contributed by atoms with E-state index in [2.05, 4.69) is 0 Å². The number of nitrogens with zero attached hydrogens (tertiary/aromatic N) is 2. The van der Waals surface area contributed by atoms with E-state index in [1.807, 2.05) is 60.7 Å². The highest BCUT2D eigenvalue weighted by atomic mass is 16.5. The van der Waals surface area contributed by atoms with Crippen LogP contribution in [-0.2, 0) is 22.7 Å². The number of allylic oxidation sites excluding steroid dienone is 1. The van der Waals surface area contributed by atoms with Gasteiger partial charge in [-0.2, -0.15) is 0 Å². The summed E-state index contributed by atoms with van der Waals surface area (Å²) in [7, 11) is 0. The van der Waals surface area contributed by atoms with Crippen molar-refractivity contribution in [1.29, 1.82) is 0 Å². The van der Waals surface area contributed by atoms with Crippen molar-refractivity contribution in [2.75, 3.05) is 13.1 Å². The van der Waals surface area contributed by atoms with Crippen molar-refractivity contribution < 1.29 is 19.4 Å². The number of carbonyl (C=O) groups is 2. The molecule has 1 N–H and O–H groups in total. The zero-order valence-corrected chi connectivity index (χ0v) is 18.8. The van der Waals surface area contributed by atoms with Gasteiger partial charge in [0.2, 0.25) is 5.91 Å². The number of phenols is 1. The molecule has 0 aromatic heterocycles. The van der Waals surface area contributed by atoms with Gasteiger partial charge in [-0.1, -0.05) is 60.7 Å². The molecular weight excluding hydrogens is 428 g/mol. The summed E-state index contributed by atoms with van der Waals surface area (Å²) in [5.74, 6) is 0.402. The Morgan fingerprint density at radius 3 is 2.32 bits per heavy atom. The summed E-state index contributed by atoms with van der Waals surface area (Å²) in [5.41, 5.74) is 3.77. The molecule has 172 valence electrons. The Bertz CT molecular complexity index is 1240. The third kappa shape index (κ3) is 4.39. The number of aromatic hydroxyl groups is 1. The van der Waals surface area contributed by atoms with Gasteiger partial charge in [-0.25, -0.2) is 0 Å². The fraction of sp³-hybridized carbons (Fsp3) is 0.214. The normalized spacial score (nSPS) is 16.0. The first-order valence-corrected chi connectivity index (χ1v) is 11.5. The summed E-state index contributed by atoms with van der Waals surface area (Å²) in [6.07, 6.45) is 1.36. The number of amides is 2. The molecule has 3 aromatic rings. The van der Waals surface area contributed by atoms with Gasteiger partial charge in [-0.3, -0.25) is 9.59 Å². The first-order chi connectivity index (χ1) is 16.6. The third-order valence-electron chi connectivity index (χ3n) is 6.22. The number of hydrogen-bond acceptors (Lipinski definition) is 4. The van der Waals surface area contributed by atoms with E-state index < -0.39 is 0 Å². The van der Waals surface area contributed by atoms with Crippen molar-refractivity contribution in [2.24, 2.45) is 0 Å². The summed E-state index contributed by atoms with van der Waals surface area (Å²) < 4.78 is 6.12. The van der Waals surface area contributed by atoms with Gasteiger partial charge >= 0.3 is 0 Å². The van der Waals surface area contributed by atoms with Crippen LogP contribution in [0.15, 0.2) is 84.6 Å². The molecule has 0 saturated carbocycles. The molecule has 0 atom stereocenters. The smallest absolute Gasteiger partial charge is 0.271 e. The Hall–Kier alpha value is -4.06. The summed E-state index contributed by atoms with van der Waals surface area (Å²) in [6.45, 7) is 1.30. The number of piperazine rings is 1. The predicted octanol–water partition coefficient (Wildman–Crippen LogP) is 4.35. The Morgan fingerprint density at radius 1 is 0.882 bits per heavy atom. The first-order valence-electron chi connectivity index (χ1n) is 11.5. The molecule has 0 radical (unpaired) electrons. The van der Waals surface area contributed by atoms with Crippen LogP contribution >= 0.6 is 0 Å². The van der Waals surface area contributed by atoms with E-state index >= 15 is 0 Å². The molecule has 0 bridgehead atoms. The molecule has 2 aliphatic rings. The average molecular weight is 455 g/mol. The van der Waals surface area contributed by atoms with Gasteiger partial charge in [0.25, 0.3) is 5.91 Å². The average Bonchev–Trinajstić information content (AvgIpc) is 2.87. The number of benzene rings is 3. The van der Waals surface area contributed by atoms with Gasteiger partial charge in [0.1, 0.15) is 30.3 Å². The minimum absolute atomic E-state index is 0.0575. The summed E-state index contributed by atoms with van der Waals surface area (Å²) in [5, 5.41) is 10.3. The number of carbonyl (C=O) groups excluding carboxylic acids is 2. The second-order valence-corrected chi connectivity index (χ2v) is 8.58. The van der Waals surface area contributed by atoms with Gasteiger partial charge in [-0.05, 0) is 47.7 Å². The molecule has 0 spiro atoms. The second kappa shape index (κ2) is 9.43. The Labute approximate surface area is 198 Å². The highest BCUT2D eigenvalue weighted by molar-refractivity contribution is 6.09. The van der Waals surface area contributed by atoms with Crippen molar-refractivity contribution >= 4 is 17.4 Å². The molecule has 2 amide bonds. The molecule has 1 fully saturated rings. The van der Waals surface area contributed by atoms with Crippen LogP contribution in [-0.4, -0.2) is 39.8 Å². The molecule has 0 unspecified atom stereocenters. The van der Waals surface area contributed by atoms with Crippen LogP contribution < -0.4 is 4.74 Å². The lowest BCUT2D eigenvalue weighted by Crippen LogP contribution is -2.53. The molecule has 34 heavy (non-hydrogen) atoms. The van der Waals surface area contributed by atoms with Crippen LogP contribution in [0.4, 0.5) is 0 Å². The van der Waals surface area contributed by atoms with Gasteiger partial charge < -0.3 is 19.6 Å². The lowest BCUT2D eigenvalue weighted by Gasteiger charge is -2.40. The van der Waals surface area contributed by atoms with E-state index in [1.165, 1.54) is 0 Å². The van der Waals surface area contributed by atoms with Gasteiger partial charge in [0.15, 0.2) is 0 Å². The number of rotatable bonds is 6. The second-order valence-electron chi connectivity index (χ2n) is 8.58. The van der Waals surface area contributed by atoms with E-state index in [0.29, 0.717) is 43.1 Å². The van der Waals surface area contributed by atoms with E-state index in [-0.39, 0.29) is 24.1 Å². The summed E-state index contributed by atoms with van der Waals surface area (Å²) in [6, 6.07) is 24.4. The van der Waals surface area contributed by atoms with E-state index in [0.717, 1.165) is 23.1 Å². The molecule has 2 aliphatic heterocycles. The van der Waals surface area contributed by atoms with Crippen molar-refractivity contribution in [1.82, 2.24) is 9.80 Å². The molecule has 3 aromatic carbocycles. The standard InChI is InChI=1S/C28H26N2O4/c31-22-13-14-25(34-19-21-10-5-2-6-11-21)24(16-22)23-12-7-15-30-26(32)18-29(28(33)27(23)30)17-20-8-3-1-4-9-20/h1-6,8-11,13-14,16,31H,7,12,15,17-19H2. The number of ether oxygens (including phenoxy) is 1. The van der Waals surface area contributed by atoms with Crippen molar-refractivity contribution in [3.8, 4) is 11.5 Å². The minimum atomic E-state index is -0.171. The van der Waals surface area contributed by atoms with Crippen LogP contribution in [0.1, 0.15) is 29.5 Å². The Kier molecular flexibility index (Phi) is 6.04. The summed E-state index contributed by atoms with van der Waals surface area (Å²) in [4.78, 5) is 29.9. The lowest BCUT2D eigenvalue weighted by atomic mass is 9.92. The molecule has 6 nitrogen and oxygen atoms in total. The van der Waals surface area contributed by atoms with Crippen LogP contribution in [0, 0.1) is 0 Å². The molecule has 6 heteroatoms. The number of hydrogen-bond donors (Lipinski definition) is 1. The zero-order valence-electron chi connectivity index (χ0n) is 18.8. The lowest BCUT2D eigenvalue weighted by molar-refractivity contribution is -0.146. The maximum Gasteiger partial charge on any atom is 0.271 e. The highest BCUT2D eigenvalue weighted by Crippen LogP contribution is 2.39. The Balaban J connectivity index is 1.52. The van der Waals surface area contributed by atoms with Crippen molar-refractivity contribution in [3.05, 3.63) is 101 Å². The number of fused-ring (bicyclic) bond motifs is 1. The van der Waals surface area contributed by atoms with E-state index in [1.54, 1.807) is 28.0 Å². The van der Waals surface area contributed by atoms with E-state index in [4.69, 9.17) is 4.74 Å². The molecule has 2 heterocycles. The quantitative estimate of drug-likeness (QED) is 0.601. The maximum absolute atomic E-state index is 13.6.